The molecule has 0 saturated carbocycles. The van der Waals surface area contributed by atoms with Gasteiger partial charge in [0.05, 0.1) is 7.11 Å². The highest BCUT2D eigenvalue weighted by molar-refractivity contribution is 9.10. The van der Waals surface area contributed by atoms with E-state index in [1.165, 1.54) is 11.3 Å². The first-order valence-corrected chi connectivity index (χ1v) is 9.68. The number of anilines is 1. The quantitative estimate of drug-likeness (QED) is 0.576. The molecule has 0 atom stereocenters. The maximum atomic E-state index is 5.73. The lowest BCUT2D eigenvalue weighted by Crippen LogP contribution is -2.46. The molecule has 1 aromatic heterocycles. The number of rotatable bonds is 4. The molecule has 0 radical (unpaired) electrons. The van der Waals surface area contributed by atoms with Crippen molar-refractivity contribution in [3.8, 4) is 5.75 Å². The topological polar surface area (TPSA) is 28.6 Å². The van der Waals surface area contributed by atoms with Gasteiger partial charge in [-0.15, -0.1) is 12.4 Å². The minimum absolute atomic E-state index is 0. The van der Waals surface area contributed by atoms with Gasteiger partial charge in [-0.3, -0.25) is 9.88 Å². The Kier molecular flexibility index (Phi) is 6.58. The highest BCUT2D eigenvalue weighted by Crippen LogP contribution is 2.34. The summed E-state index contributed by atoms with van der Waals surface area (Å²) in [5.74, 6) is 0.884. The van der Waals surface area contributed by atoms with E-state index in [1.807, 2.05) is 12.3 Å². The van der Waals surface area contributed by atoms with E-state index in [-0.39, 0.29) is 12.4 Å². The van der Waals surface area contributed by atoms with Gasteiger partial charge in [0.1, 0.15) is 11.3 Å². The van der Waals surface area contributed by atoms with Crippen molar-refractivity contribution in [2.75, 3.05) is 38.2 Å². The zero-order chi connectivity index (χ0) is 17.9. The molecular formula is C21H23BrClN3O. The fourth-order valence-corrected chi connectivity index (χ4v) is 4.21. The molecule has 0 spiro atoms. The first kappa shape index (κ1) is 19.9. The molecule has 1 fully saturated rings. The van der Waals surface area contributed by atoms with Crippen LogP contribution in [0.25, 0.3) is 10.9 Å². The van der Waals surface area contributed by atoms with Gasteiger partial charge in [0.15, 0.2) is 0 Å². The third kappa shape index (κ3) is 4.21. The standard InChI is InChI=1S/C21H22BrN3O.ClH/c1-26-21-16(14-19(22)18-8-5-9-23-20(18)21)15-24-10-12-25(13-11-24)17-6-3-2-4-7-17;/h2-9,14H,10-13,15H2,1H3;1H. The van der Waals surface area contributed by atoms with Crippen LogP contribution in [0.1, 0.15) is 5.56 Å². The molecule has 0 amide bonds. The maximum Gasteiger partial charge on any atom is 0.149 e. The van der Waals surface area contributed by atoms with Crippen molar-refractivity contribution in [2.24, 2.45) is 0 Å². The fraction of sp³-hybridized carbons (Fsp3) is 0.286. The summed E-state index contributed by atoms with van der Waals surface area (Å²) in [5, 5.41) is 1.09. The van der Waals surface area contributed by atoms with Crippen molar-refractivity contribution in [1.82, 2.24) is 9.88 Å². The van der Waals surface area contributed by atoms with E-state index < -0.39 is 0 Å². The maximum absolute atomic E-state index is 5.73. The van der Waals surface area contributed by atoms with Crippen molar-refractivity contribution in [2.45, 2.75) is 6.54 Å². The van der Waals surface area contributed by atoms with Gasteiger partial charge >= 0.3 is 0 Å². The van der Waals surface area contributed by atoms with Crippen LogP contribution in [0, 0.1) is 0 Å². The smallest absolute Gasteiger partial charge is 0.149 e. The van der Waals surface area contributed by atoms with Crippen LogP contribution in [0.4, 0.5) is 5.69 Å². The van der Waals surface area contributed by atoms with Gasteiger partial charge in [0.25, 0.3) is 0 Å². The lowest BCUT2D eigenvalue weighted by molar-refractivity contribution is 0.246. The lowest BCUT2D eigenvalue weighted by Gasteiger charge is -2.36. The number of nitrogens with zero attached hydrogens (tertiary/aromatic N) is 3. The van der Waals surface area contributed by atoms with Crippen LogP contribution in [0.5, 0.6) is 5.75 Å². The summed E-state index contributed by atoms with van der Waals surface area (Å²) in [6, 6.07) is 16.8. The Morgan fingerprint density at radius 2 is 1.78 bits per heavy atom. The fourth-order valence-electron chi connectivity index (χ4n) is 3.62. The molecule has 2 heterocycles. The molecule has 2 aromatic carbocycles. The van der Waals surface area contributed by atoms with E-state index in [2.05, 4.69) is 73.2 Å². The Bertz CT molecular complexity index is 899. The number of hydrogen-bond donors (Lipinski definition) is 0. The SMILES string of the molecule is COc1c(CN2CCN(c3ccccc3)CC2)cc(Br)c2cccnc12.Cl. The summed E-state index contributed by atoms with van der Waals surface area (Å²) in [6.45, 7) is 5.03. The molecule has 0 N–H and O–H groups in total. The predicted molar refractivity (Wildman–Crippen MR) is 117 cm³/mol. The molecule has 0 bridgehead atoms. The summed E-state index contributed by atoms with van der Waals surface area (Å²) in [7, 11) is 1.73. The van der Waals surface area contributed by atoms with E-state index in [4.69, 9.17) is 4.74 Å². The molecular weight excluding hydrogens is 426 g/mol. The van der Waals surface area contributed by atoms with Gasteiger partial charge in [0, 0.05) is 60.0 Å². The number of piperazine rings is 1. The van der Waals surface area contributed by atoms with Gasteiger partial charge in [0.2, 0.25) is 0 Å². The summed E-state index contributed by atoms with van der Waals surface area (Å²) in [6.07, 6.45) is 1.82. The first-order valence-electron chi connectivity index (χ1n) is 8.88. The molecule has 6 heteroatoms. The molecule has 3 aromatic rings. The second-order valence-electron chi connectivity index (χ2n) is 6.55. The Morgan fingerprint density at radius 1 is 1.04 bits per heavy atom. The Hall–Kier alpha value is -1.82. The van der Waals surface area contributed by atoms with Gasteiger partial charge < -0.3 is 9.64 Å². The summed E-state index contributed by atoms with van der Waals surface area (Å²) in [5.41, 5.74) is 3.41. The van der Waals surface area contributed by atoms with Gasteiger partial charge in [-0.2, -0.15) is 0 Å². The minimum Gasteiger partial charge on any atom is -0.494 e. The third-order valence-corrected chi connectivity index (χ3v) is 5.62. The van der Waals surface area contributed by atoms with E-state index >= 15 is 0 Å². The van der Waals surface area contributed by atoms with Gasteiger partial charge in [-0.1, -0.05) is 40.2 Å². The highest BCUT2D eigenvalue weighted by atomic mass is 79.9. The molecule has 0 unspecified atom stereocenters. The number of halogens is 2. The molecule has 27 heavy (non-hydrogen) atoms. The highest BCUT2D eigenvalue weighted by Gasteiger charge is 2.20. The number of aromatic nitrogens is 1. The second kappa shape index (κ2) is 8.91. The number of para-hydroxylation sites is 1. The monoisotopic (exact) mass is 447 g/mol. The van der Waals surface area contributed by atoms with Crippen molar-refractivity contribution < 1.29 is 4.74 Å². The van der Waals surface area contributed by atoms with Crippen molar-refractivity contribution in [3.05, 3.63) is 64.8 Å². The van der Waals surface area contributed by atoms with Crippen LogP contribution >= 0.6 is 28.3 Å². The molecule has 0 aliphatic carbocycles. The molecule has 142 valence electrons. The van der Waals surface area contributed by atoms with Crippen LogP contribution in [0.3, 0.4) is 0 Å². The number of ether oxygens (including phenoxy) is 1. The Labute approximate surface area is 174 Å². The number of benzene rings is 2. The predicted octanol–water partition coefficient (Wildman–Crippen LogP) is 4.75. The van der Waals surface area contributed by atoms with Gasteiger partial charge in [-0.25, -0.2) is 0 Å². The number of methoxy groups -OCH3 is 1. The van der Waals surface area contributed by atoms with E-state index in [1.54, 1.807) is 7.11 Å². The van der Waals surface area contributed by atoms with E-state index in [0.717, 1.165) is 53.8 Å². The summed E-state index contributed by atoms with van der Waals surface area (Å²) >= 11 is 3.69. The average molecular weight is 449 g/mol. The lowest BCUT2D eigenvalue weighted by atomic mass is 10.1. The summed E-state index contributed by atoms with van der Waals surface area (Å²) in [4.78, 5) is 9.47. The zero-order valence-electron chi connectivity index (χ0n) is 15.3. The van der Waals surface area contributed by atoms with E-state index in [9.17, 15) is 0 Å². The van der Waals surface area contributed by atoms with Crippen LogP contribution in [-0.2, 0) is 6.54 Å². The molecule has 4 nitrogen and oxygen atoms in total. The molecule has 1 aliphatic rings. The van der Waals surface area contributed by atoms with E-state index in [0.29, 0.717) is 0 Å². The van der Waals surface area contributed by atoms with Crippen LogP contribution in [-0.4, -0.2) is 43.2 Å². The van der Waals surface area contributed by atoms with Crippen molar-refractivity contribution >= 4 is 44.9 Å². The number of fused-ring (bicyclic) bond motifs is 1. The summed E-state index contributed by atoms with van der Waals surface area (Å²) < 4.78 is 6.79. The molecule has 1 aliphatic heterocycles. The zero-order valence-corrected chi connectivity index (χ0v) is 17.7. The van der Waals surface area contributed by atoms with Crippen LogP contribution in [0.2, 0.25) is 0 Å². The largest absolute Gasteiger partial charge is 0.494 e. The normalized spacial score (nSPS) is 14.8. The van der Waals surface area contributed by atoms with Crippen molar-refractivity contribution in [3.63, 3.8) is 0 Å². The minimum atomic E-state index is 0. The Morgan fingerprint density at radius 3 is 2.48 bits per heavy atom. The Balaban J connectivity index is 0.00000210. The third-order valence-electron chi connectivity index (χ3n) is 4.96. The molecule has 4 rings (SSSR count). The van der Waals surface area contributed by atoms with Crippen LogP contribution in [0.15, 0.2) is 59.2 Å². The number of hydrogen-bond acceptors (Lipinski definition) is 4. The first-order chi connectivity index (χ1) is 12.8. The van der Waals surface area contributed by atoms with Crippen LogP contribution < -0.4 is 9.64 Å². The van der Waals surface area contributed by atoms with Gasteiger partial charge in [-0.05, 0) is 24.3 Å². The average Bonchev–Trinajstić information content (AvgIpc) is 2.70. The number of pyridine rings is 1. The van der Waals surface area contributed by atoms with Crippen molar-refractivity contribution in [1.29, 1.82) is 0 Å². The second-order valence-corrected chi connectivity index (χ2v) is 7.40. The molecule has 1 saturated heterocycles.